The molecule has 2 aliphatic rings. The third kappa shape index (κ3) is 3.45. The van der Waals surface area contributed by atoms with Gasteiger partial charge in [-0.3, -0.25) is 4.98 Å². The Morgan fingerprint density at radius 1 is 0.963 bits per heavy atom. The van der Waals surface area contributed by atoms with E-state index in [1.807, 2.05) is 24.4 Å². The van der Waals surface area contributed by atoms with Crippen molar-refractivity contribution in [3.63, 3.8) is 0 Å². The Hall–Kier alpha value is -3.09. The molecule has 3 heterocycles. The molecule has 27 heavy (non-hydrogen) atoms. The van der Waals surface area contributed by atoms with E-state index in [0.717, 1.165) is 41.9 Å². The highest BCUT2D eigenvalue weighted by molar-refractivity contribution is 5.65. The number of nitrogens with zero attached hydrogens (tertiary/aromatic N) is 6. The zero-order valence-corrected chi connectivity index (χ0v) is 15.0. The molecule has 0 spiro atoms. The third-order valence-corrected chi connectivity index (χ3v) is 5.05. The van der Waals surface area contributed by atoms with Crippen molar-refractivity contribution in [2.45, 2.75) is 38.1 Å². The molecule has 0 unspecified atom stereocenters. The molecule has 5 rings (SSSR count). The van der Waals surface area contributed by atoms with Crippen LogP contribution in [0.4, 0.5) is 17.6 Å². The van der Waals surface area contributed by atoms with E-state index in [1.165, 1.54) is 12.8 Å². The molecule has 0 saturated heterocycles. The molecule has 2 N–H and O–H groups in total. The van der Waals surface area contributed by atoms with Gasteiger partial charge in [0.15, 0.2) is 0 Å². The molecule has 136 valence electrons. The summed E-state index contributed by atoms with van der Waals surface area (Å²) in [4.78, 5) is 24.4. The van der Waals surface area contributed by atoms with E-state index in [0.29, 0.717) is 23.9 Å². The SMILES string of the molecule is Nc1ncc(-c2ccnc(N(c3ccncc3)C3CC3)n2)c(CC2CC2)n1. The lowest BCUT2D eigenvalue weighted by Gasteiger charge is -2.22. The molecule has 3 aromatic rings. The van der Waals surface area contributed by atoms with Gasteiger partial charge in [-0.25, -0.2) is 19.9 Å². The normalized spacial score (nSPS) is 16.3. The second kappa shape index (κ2) is 6.57. The van der Waals surface area contributed by atoms with Crippen molar-refractivity contribution in [3.8, 4) is 11.3 Å². The summed E-state index contributed by atoms with van der Waals surface area (Å²) in [5, 5.41) is 0. The van der Waals surface area contributed by atoms with Gasteiger partial charge in [0.1, 0.15) is 0 Å². The van der Waals surface area contributed by atoms with Crippen LogP contribution in [0.25, 0.3) is 11.3 Å². The van der Waals surface area contributed by atoms with Crippen LogP contribution < -0.4 is 10.6 Å². The monoisotopic (exact) mass is 359 g/mol. The van der Waals surface area contributed by atoms with E-state index >= 15 is 0 Å². The minimum atomic E-state index is 0.320. The summed E-state index contributed by atoms with van der Waals surface area (Å²) in [5.41, 5.74) is 9.68. The van der Waals surface area contributed by atoms with Crippen molar-refractivity contribution < 1.29 is 0 Å². The smallest absolute Gasteiger partial charge is 0.230 e. The molecular formula is C20H21N7. The average Bonchev–Trinajstić information content (AvgIpc) is 3.60. The summed E-state index contributed by atoms with van der Waals surface area (Å²) >= 11 is 0. The minimum Gasteiger partial charge on any atom is -0.368 e. The maximum Gasteiger partial charge on any atom is 0.230 e. The van der Waals surface area contributed by atoms with E-state index < -0.39 is 0 Å². The van der Waals surface area contributed by atoms with Crippen molar-refractivity contribution >= 4 is 17.6 Å². The quantitative estimate of drug-likeness (QED) is 0.722. The molecule has 0 amide bonds. The van der Waals surface area contributed by atoms with Gasteiger partial charge in [0.2, 0.25) is 11.9 Å². The van der Waals surface area contributed by atoms with Gasteiger partial charge in [0, 0.05) is 42.1 Å². The van der Waals surface area contributed by atoms with Crippen LogP contribution in [0.5, 0.6) is 0 Å². The van der Waals surface area contributed by atoms with Crippen molar-refractivity contribution in [2.75, 3.05) is 10.6 Å². The van der Waals surface area contributed by atoms with Gasteiger partial charge in [-0.15, -0.1) is 0 Å². The first-order chi connectivity index (χ1) is 13.3. The van der Waals surface area contributed by atoms with E-state index in [-0.39, 0.29) is 0 Å². The Kier molecular flexibility index (Phi) is 3.92. The van der Waals surface area contributed by atoms with Crippen LogP contribution in [0.3, 0.4) is 0 Å². The largest absolute Gasteiger partial charge is 0.368 e. The summed E-state index contributed by atoms with van der Waals surface area (Å²) in [6.07, 6.45) is 12.9. The van der Waals surface area contributed by atoms with Crippen molar-refractivity contribution in [1.82, 2.24) is 24.9 Å². The highest BCUT2D eigenvalue weighted by atomic mass is 15.3. The van der Waals surface area contributed by atoms with E-state index in [9.17, 15) is 0 Å². The fourth-order valence-electron chi connectivity index (χ4n) is 3.34. The van der Waals surface area contributed by atoms with Gasteiger partial charge >= 0.3 is 0 Å². The Labute approximate surface area is 157 Å². The van der Waals surface area contributed by atoms with Gasteiger partial charge in [-0.2, -0.15) is 0 Å². The van der Waals surface area contributed by atoms with Crippen LogP contribution in [0.1, 0.15) is 31.4 Å². The number of hydrogen-bond acceptors (Lipinski definition) is 7. The highest BCUT2D eigenvalue weighted by Crippen LogP contribution is 2.38. The first kappa shape index (κ1) is 16.1. The number of hydrogen-bond donors (Lipinski definition) is 1. The molecule has 2 aliphatic carbocycles. The van der Waals surface area contributed by atoms with Crippen LogP contribution in [0.2, 0.25) is 0 Å². The molecule has 2 saturated carbocycles. The first-order valence-corrected chi connectivity index (χ1v) is 9.42. The topological polar surface area (TPSA) is 93.7 Å². The molecule has 0 bridgehead atoms. The highest BCUT2D eigenvalue weighted by Gasteiger charge is 2.32. The van der Waals surface area contributed by atoms with Crippen molar-refractivity contribution in [3.05, 3.63) is 48.7 Å². The van der Waals surface area contributed by atoms with Gasteiger partial charge in [-0.05, 0) is 56.2 Å². The van der Waals surface area contributed by atoms with Crippen LogP contribution in [-0.4, -0.2) is 31.0 Å². The number of nitrogen functional groups attached to an aromatic ring is 1. The van der Waals surface area contributed by atoms with Gasteiger partial charge in [0.25, 0.3) is 0 Å². The molecule has 0 aliphatic heterocycles. The zero-order chi connectivity index (χ0) is 18.2. The van der Waals surface area contributed by atoms with E-state index in [2.05, 4.69) is 24.8 Å². The lowest BCUT2D eigenvalue weighted by Crippen LogP contribution is -2.22. The first-order valence-electron chi connectivity index (χ1n) is 9.42. The van der Waals surface area contributed by atoms with Gasteiger partial charge in [-0.1, -0.05) is 0 Å². The second-order valence-corrected chi connectivity index (χ2v) is 7.28. The van der Waals surface area contributed by atoms with Crippen LogP contribution in [-0.2, 0) is 6.42 Å². The van der Waals surface area contributed by atoms with Gasteiger partial charge < -0.3 is 10.6 Å². The molecule has 0 atom stereocenters. The third-order valence-electron chi connectivity index (χ3n) is 5.05. The second-order valence-electron chi connectivity index (χ2n) is 7.28. The molecule has 0 aromatic carbocycles. The predicted octanol–water partition coefficient (Wildman–Crippen LogP) is 3.16. The molecule has 0 radical (unpaired) electrons. The fourth-order valence-corrected chi connectivity index (χ4v) is 3.34. The Morgan fingerprint density at radius 3 is 2.52 bits per heavy atom. The number of nitrogens with two attached hydrogens (primary N) is 1. The summed E-state index contributed by atoms with van der Waals surface area (Å²) in [6.45, 7) is 0. The Balaban J connectivity index is 1.54. The maximum absolute atomic E-state index is 5.83. The average molecular weight is 359 g/mol. The zero-order valence-electron chi connectivity index (χ0n) is 15.0. The minimum absolute atomic E-state index is 0.320. The molecular weight excluding hydrogens is 338 g/mol. The van der Waals surface area contributed by atoms with Crippen LogP contribution in [0, 0.1) is 5.92 Å². The summed E-state index contributed by atoms with van der Waals surface area (Å²) in [6, 6.07) is 6.36. The van der Waals surface area contributed by atoms with Crippen LogP contribution in [0.15, 0.2) is 43.0 Å². The molecule has 3 aromatic heterocycles. The van der Waals surface area contributed by atoms with E-state index in [1.54, 1.807) is 18.6 Å². The number of rotatable bonds is 6. The summed E-state index contributed by atoms with van der Waals surface area (Å²) < 4.78 is 0. The summed E-state index contributed by atoms with van der Waals surface area (Å²) in [7, 11) is 0. The maximum atomic E-state index is 5.83. The number of anilines is 3. The van der Waals surface area contributed by atoms with Crippen LogP contribution >= 0.6 is 0 Å². The predicted molar refractivity (Wildman–Crippen MR) is 103 cm³/mol. The standard InChI is InChI=1S/C20H21N7/c21-19-24-12-16(18(25-19)11-13-1-2-13)17-7-10-23-20(26-17)27(14-3-4-14)15-5-8-22-9-6-15/h5-10,12-14H,1-4,11H2,(H2,21,24,25). The lowest BCUT2D eigenvalue weighted by molar-refractivity contribution is 0.802. The molecule has 7 nitrogen and oxygen atoms in total. The summed E-state index contributed by atoms with van der Waals surface area (Å²) in [5.74, 6) is 1.73. The molecule has 7 heteroatoms. The number of pyridine rings is 1. The Bertz CT molecular complexity index is 952. The molecule has 2 fully saturated rings. The fraction of sp³-hybridized carbons (Fsp3) is 0.350. The number of aromatic nitrogens is 5. The van der Waals surface area contributed by atoms with Gasteiger partial charge in [0.05, 0.1) is 11.4 Å². The lowest BCUT2D eigenvalue weighted by atomic mass is 10.1. The Morgan fingerprint density at radius 2 is 1.78 bits per heavy atom. The van der Waals surface area contributed by atoms with E-state index in [4.69, 9.17) is 10.7 Å². The van der Waals surface area contributed by atoms with Crippen molar-refractivity contribution in [2.24, 2.45) is 5.92 Å². The van der Waals surface area contributed by atoms with Crippen molar-refractivity contribution in [1.29, 1.82) is 0 Å².